The van der Waals surface area contributed by atoms with Crippen LogP contribution in [0.3, 0.4) is 0 Å². The number of hydrogen-bond donors (Lipinski definition) is 0. The van der Waals surface area contributed by atoms with Crippen LogP contribution < -0.4 is 0 Å². The maximum atomic E-state index is 14.2. The molecule has 0 radical (unpaired) electrons. The van der Waals surface area contributed by atoms with E-state index in [2.05, 4.69) is 0 Å². The van der Waals surface area contributed by atoms with E-state index in [0.29, 0.717) is 0 Å². The van der Waals surface area contributed by atoms with Crippen LogP contribution in [-0.4, -0.2) is 24.0 Å². The molecule has 0 aromatic heterocycles. The lowest BCUT2D eigenvalue weighted by Crippen LogP contribution is -2.56. The van der Waals surface area contributed by atoms with Crippen molar-refractivity contribution in [3.63, 3.8) is 0 Å². The van der Waals surface area contributed by atoms with Crippen molar-refractivity contribution in [1.82, 2.24) is 0 Å². The van der Waals surface area contributed by atoms with Gasteiger partial charge in [-0.1, -0.05) is 54.6 Å². The van der Waals surface area contributed by atoms with Crippen LogP contribution in [0.5, 0.6) is 0 Å². The molecule has 0 saturated heterocycles. The molecule has 0 N–H and O–H groups in total. The Morgan fingerprint density at radius 3 is 1.19 bits per heavy atom. The van der Waals surface area contributed by atoms with Crippen LogP contribution in [0.15, 0.2) is 106 Å². The standard InChI is InChI=1S/C22H15F7O2S/c23-20(24,21(25,26)22(27,28)29)19(30)31-32(16-10-4-1-5-11-16,17-12-6-2-7-13-17)18-14-8-3-9-15-18/h1-15H. The molecule has 0 aliphatic carbocycles. The summed E-state index contributed by atoms with van der Waals surface area (Å²) in [5.41, 5.74) is 0. The van der Waals surface area contributed by atoms with E-state index in [1.54, 1.807) is 18.2 Å². The predicted molar refractivity (Wildman–Crippen MR) is 104 cm³/mol. The van der Waals surface area contributed by atoms with Crippen molar-refractivity contribution >= 4 is 16.3 Å². The summed E-state index contributed by atoms with van der Waals surface area (Å²) in [7, 11) is -3.45. The third-order valence-corrected chi connectivity index (χ3v) is 7.64. The average molecular weight is 476 g/mol. The number of alkyl halides is 7. The van der Waals surface area contributed by atoms with E-state index in [1.807, 2.05) is 0 Å². The molecule has 2 nitrogen and oxygen atoms in total. The average Bonchev–Trinajstić information content (AvgIpc) is 2.78. The molecule has 0 aliphatic heterocycles. The van der Waals surface area contributed by atoms with Gasteiger partial charge in [-0.15, -0.1) is 0 Å². The van der Waals surface area contributed by atoms with Crippen molar-refractivity contribution in [2.24, 2.45) is 0 Å². The highest BCUT2D eigenvalue weighted by Gasteiger charge is 2.77. The quantitative estimate of drug-likeness (QED) is 0.350. The number of carbonyl (C=O) groups is 1. The molecule has 3 aromatic rings. The van der Waals surface area contributed by atoms with Gasteiger partial charge in [0, 0.05) is 14.7 Å². The molecule has 0 aliphatic rings. The first-order chi connectivity index (χ1) is 14.9. The van der Waals surface area contributed by atoms with Crippen LogP contribution >= 0.6 is 10.3 Å². The Kier molecular flexibility index (Phi) is 6.28. The fourth-order valence-corrected chi connectivity index (χ4v) is 5.92. The molecule has 10 heteroatoms. The predicted octanol–water partition coefficient (Wildman–Crippen LogP) is 7.26. The molecule has 0 atom stereocenters. The van der Waals surface area contributed by atoms with Crippen molar-refractivity contribution in [1.29, 1.82) is 0 Å². The molecule has 0 amide bonds. The van der Waals surface area contributed by atoms with Gasteiger partial charge in [0.05, 0.1) is 0 Å². The first-order valence-electron chi connectivity index (χ1n) is 8.99. The second kappa shape index (κ2) is 8.50. The van der Waals surface area contributed by atoms with Gasteiger partial charge in [0.25, 0.3) is 0 Å². The molecule has 0 heterocycles. The highest BCUT2D eigenvalue weighted by atomic mass is 32.3. The number of rotatable bonds is 6. The summed E-state index contributed by atoms with van der Waals surface area (Å²) in [4.78, 5) is 12.8. The number of halogens is 7. The van der Waals surface area contributed by atoms with Gasteiger partial charge < -0.3 is 4.18 Å². The number of benzene rings is 3. The lowest BCUT2D eigenvalue weighted by atomic mass is 10.1. The number of hydrogen-bond acceptors (Lipinski definition) is 2. The monoisotopic (exact) mass is 476 g/mol. The second-order valence-corrected chi connectivity index (χ2v) is 9.21. The summed E-state index contributed by atoms with van der Waals surface area (Å²) < 4.78 is 98.7. The van der Waals surface area contributed by atoms with Crippen LogP contribution in [0.4, 0.5) is 30.7 Å². The van der Waals surface area contributed by atoms with E-state index in [4.69, 9.17) is 4.18 Å². The minimum atomic E-state index is -6.67. The molecular weight excluding hydrogens is 461 g/mol. The number of carbonyl (C=O) groups excluding carboxylic acids is 1. The first kappa shape index (κ1) is 23.6. The lowest BCUT2D eigenvalue weighted by Gasteiger charge is -2.41. The molecule has 3 aromatic carbocycles. The van der Waals surface area contributed by atoms with Crippen LogP contribution in [0.25, 0.3) is 0 Å². The Labute approximate surface area is 180 Å². The Morgan fingerprint density at radius 2 is 0.906 bits per heavy atom. The van der Waals surface area contributed by atoms with Gasteiger partial charge >= 0.3 is 24.0 Å². The SMILES string of the molecule is O=C(OS(c1ccccc1)(c1ccccc1)c1ccccc1)C(F)(F)C(F)(F)C(F)(F)F. The van der Waals surface area contributed by atoms with Crippen molar-refractivity contribution in [2.75, 3.05) is 0 Å². The van der Waals surface area contributed by atoms with Gasteiger partial charge in [0.2, 0.25) is 0 Å². The summed E-state index contributed by atoms with van der Waals surface area (Å²) in [5.74, 6) is -15.8. The first-order valence-corrected chi connectivity index (χ1v) is 10.6. The summed E-state index contributed by atoms with van der Waals surface area (Å²) in [5, 5.41) is 0. The molecule has 32 heavy (non-hydrogen) atoms. The molecule has 0 bridgehead atoms. The van der Waals surface area contributed by atoms with Gasteiger partial charge in [-0.2, -0.15) is 30.7 Å². The van der Waals surface area contributed by atoms with Gasteiger partial charge in [-0.25, -0.2) is 4.79 Å². The summed E-state index contributed by atoms with van der Waals surface area (Å²) in [6.45, 7) is 0. The Morgan fingerprint density at radius 1 is 0.594 bits per heavy atom. The van der Waals surface area contributed by atoms with Crippen molar-refractivity contribution in [3.8, 4) is 0 Å². The molecule has 0 fully saturated rings. The molecule has 170 valence electrons. The van der Waals surface area contributed by atoms with Gasteiger partial charge in [-0.05, 0) is 46.7 Å². The van der Waals surface area contributed by atoms with E-state index in [9.17, 15) is 35.5 Å². The van der Waals surface area contributed by atoms with Crippen molar-refractivity contribution < 1.29 is 39.7 Å². The summed E-state index contributed by atoms with van der Waals surface area (Å²) >= 11 is 0. The Bertz CT molecular complexity index is 959. The van der Waals surface area contributed by atoms with Gasteiger partial charge in [0.1, 0.15) is 0 Å². The zero-order valence-electron chi connectivity index (χ0n) is 16.0. The van der Waals surface area contributed by atoms with E-state index in [-0.39, 0.29) is 14.7 Å². The van der Waals surface area contributed by atoms with Crippen LogP contribution in [0, 0.1) is 0 Å². The maximum absolute atomic E-state index is 14.2. The van der Waals surface area contributed by atoms with Gasteiger partial charge in [0.15, 0.2) is 0 Å². The smallest absolute Gasteiger partial charge is 0.397 e. The minimum Gasteiger partial charge on any atom is -0.397 e. The lowest BCUT2D eigenvalue weighted by molar-refractivity contribution is -0.346. The third kappa shape index (κ3) is 3.94. The van der Waals surface area contributed by atoms with E-state index < -0.39 is 34.3 Å². The maximum Gasteiger partial charge on any atom is 0.460 e. The van der Waals surface area contributed by atoms with E-state index >= 15 is 0 Å². The zero-order valence-corrected chi connectivity index (χ0v) is 16.8. The molecule has 0 spiro atoms. The highest BCUT2D eigenvalue weighted by Crippen LogP contribution is 2.69. The van der Waals surface area contributed by atoms with E-state index in [1.165, 1.54) is 72.8 Å². The Balaban J connectivity index is 2.26. The van der Waals surface area contributed by atoms with Crippen molar-refractivity contribution in [3.05, 3.63) is 91.0 Å². The summed E-state index contributed by atoms with van der Waals surface area (Å²) in [6, 6.07) is 22.3. The highest BCUT2D eigenvalue weighted by molar-refractivity contribution is 8.30. The fourth-order valence-electron chi connectivity index (χ4n) is 2.86. The van der Waals surface area contributed by atoms with Crippen LogP contribution in [0.1, 0.15) is 0 Å². The Hall–Kier alpha value is -3.01. The van der Waals surface area contributed by atoms with Crippen molar-refractivity contribution in [2.45, 2.75) is 32.7 Å². The third-order valence-electron chi connectivity index (χ3n) is 4.43. The fraction of sp³-hybridized carbons (Fsp3) is 0.136. The van der Waals surface area contributed by atoms with E-state index in [0.717, 1.165) is 0 Å². The summed E-state index contributed by atoms with van der Waals surface area (Å²) in [6.07, 6.45) is -6.67. The molecular formula is C22H15F7O2S. The molecule has 0 unspecified atom stereocenters. The second-order valence-electron chi connectivity index (χ2n) is 6.51. The van der Waals surface area contributed by atoms with Crippen LogP contribution in [0.2, 0.25) is 0 Å². The minimum absolute atomic E-state index is 0.150. The largest absolute Gasteiger partial charge is 0.460 e. The topological polar surface area (TPSA) is 26.3 Å². The molecule has 0 saturated carbocycles. The zero-order chi connectivity index (χ0) is 23.6. The molecule has 3 rings (SSSR count). The van der Waals surface area contributed by atoms with Crippen LogP contribution in [-0.2, 0) is 8.98 Å². The van der Waals surface area contributed by atoms with Gasteiger partial charge in [-0.3, -0.25) is 0 Å². The normalized spacial score (nSPS) is 13.5.